The molecule has 0 aliphatic carbocycles. The molecule has 2 aliphatic heterocycles. The van der Waals surface area contributed by atoms with Crippen molar-refractivity contribution in [1.29, 1.82) is 0 Å². The molecule has 3 heterocycles. The first-order chi connectivity index (χ1) is 15.6. The lowest BCUT2D eigenvalue weighted by atomic mass is 10.0. The van der Waals surface area contributed by atoms with Crippen molar-refractivity contribution in [3.05, 3.63) is 57.5 Å². The van der Waals surface area contributed by atoms with Crippen molar-refractivity contribution in [2.75, 3.05) is 12.9 Å². The molecule has 2 aliphatic rings. The molecule has 1 saturated heterocycles. The standard InChI is InChI=1S/C19H19N5O8S/c1-33(29,30)32-7-6-13-10-22(21-20-13)16-8-15-9-17(25)23(15)18(16)19(26)31-11-12-2-4-14(5-3-12)24(27)28/h2-5,10,15H,6-9,11H2,1H3/t15-/m1/s1. The number of fused-ring (bicyclic) bond motifs is 1. The van der Waals surface area contributed by atoms with Crippen LogP contribution in [0.2, 0.25) is 0 Å². The van der Waals surface area contributed by atoms with E-state index in [4.69, 9.17) is 8.92 Å². The third-order valence-electron chi connectivity index (χ3n) is 5.17. The molecule has 1 fully saturated rings. The third-order valence-corrected chi connectivity index (χ3v) is 5.77. The van der Waals surface area contributed by atoms with Gasteiger partial charge in [0.05, 0.1) is 41.4 Å². The zero-order valence-corrected chi connectivity index (χ0v) is 18.2. The van der Waals surface area contributed by atoms with E-state index in [0.29, 0.717) is 29.8 Å². The number of nitro benzene ring substituents is 1. The number of amides is 1. The summed E-state index contributed by atoms with van der Waals surface area (Å²) in [6, 6.07) is 5.41. The molecule has 1 aromatic heterocycles. The number of hydrogen-bond donors (Lipinski definition) is 0. The van der Waals surface area contributed by atoms with Gasteiger partial charge in [-0.3, -0.25) is 19.1 Å². The monoisotopic (exact) mass is 477 g/mol. The van der Waals surface area contributed by atoms with Gasteiger partial charge in [0, 0.05) is 31.4 Å². The second-order valence-electron chi connectivity index (χ2n) is 7.55. The first-order valence-electron chi connectivity index (χ1n) is 9.84. The van der Waals surface area contributed by atoms with Crippen molar-refractivity contribution >= 4 is 33.4 Å². The van der Waals surface area contributed by atoms with Gasteiger partial charge in [-0.2, -0.15) is 8.42 Å². The van der Waals surface area contributed by atoms with Crippen molar-refractivity contribution < 1.29 is 31.9 Å². The van der Waals surface area contributed by atoms with Crippen molar-refractivity contribution in [3.8, 4) is 0 Å². The summed E-state index contributed by atoms with van der Waals surface area (Å²) in [4.78, 5) is 36.6. The van der Waals surface area contributed by atoms with Gasteiger partial charge in [-0.25, -0.2) is 9.48 Å². The van der Waals surface area contributed by atoms with Gasteiger partial charge in [0.25, 0.3) is 15.8 Å². The summed E-state index contributed by atoms with van der Waals surface area (Å²) in [6.07, 6.45) is 3.36. The van der Waals surface area contributed by atoms with Gasteiger partial charge in [0.15, 0.2) is 5.70 Å². The van der Waals surface area contributed by atoms with Gasteiger partial charge >= 0.3 is 5.97 Å². The molecule has 4 rings (SSSR count). The highest BCUT2D eigenvalue weighted by molar-refractivity contribution is 7.85. The van der Waals surface area contributed by atoms with Crippen molar-refractivity contribution in [2.24, 2.45) is 0 Å². The molecule has 0 radical (unpaired) electrons. The van der Waals surface area contributed by atoms with Crippen LogP contribution >= 0.6 is 0 Å². The third kappa shape index (κ3) is 4.90. The normalized spacial score (nSPS) is 17.7. The Kier molecular flexibility index (Phi) is 5.95. The van der Waals surface area contributed by atoms with E-state index in [0.717, 1.165) is 6.26 Å². The number of ether oxygens (including phenoxy) is 1. The van der Waals surface area contributed by atoms with Crippen LogP contribution < -0.4 is 0 Å². The number of benzene rings is 1. The van der Waals surface area contributed by atoms with E-state index in [1.165, 1.54) is 33.8 Å². The van der Waals surface area contributed by atoms with E-state index in [-0.39, 0.29) is 43.0 Å². The van der Waals surface area contributed by atoms with Crippen molar-refractivity contribution in [3.63, 3.8) is 0 Å². The number of esters is 1. The first-order valence-corrected chi connectivity index (χ1v) is 11.7. The molecule has 0 spiro atoms. The molecule has 14 heteroatoms. The Morgan fingerprint density at radius 1 is 1.27 bits per heavy atom. The van der Waals surface area contributed by atoms with Crippen molar-refractivity contribution in [1.82, 2.24) is 19.9 Å². The fraction of sp³-hybridized carbons (Fsp3) is 0.368. The van der Waals surface area contributed by atoms with E-state index < -0.39 is 21.0 Å². The maximum Gasteiger partial charge on any atom is 0.357 e. The highest BCUT2D eigenvalue weighted by Crippen LogP contribution is 2.40. The minimum absolute atomic E-state index is 0.0713. The Labute approximate surface area is 187 Å². The number of non-ortho nitro benzene ring substituents is 1. The molecular weight excluding hydrogens is 458 g/mol. The summed E-state index contributed by atoms with van der Waals surface area (Å²) in [6.45, 7) is -0.236. The summed E-state index contributed by atoms with van der Waals surface area (Å²) < 4.78 is 33.6. The molecule has 0 saturated carbocycles. The molecule has 174 valence electrons. The molecule has 1 amide bonds. The SMILES string of the molecule is CS(=O)(=O)OCCc1cn(C2=C(C(=O)OCc3ccc([N+](=O)[O-])cc3)N3C(=O)C[C@H]3C2)nn1. The van der Waals surface area contributed by atoms with E-state index in [2.05, 4.69) is 10.3 Å². The smallest absolute Gasteiger partial charge is 0.357 e. The second kappa shape index (κ2) is 8.71. The zero-order valence-electron chi connectivity index (χ0n) is 17.4. The zero-order chi connectivity index (χ0) is 23.8. The minimum Gasteiger partial charge on any atom is -0.456 e. The fourth-order valence-corrected chi connectivity index (χ4v) is 3.99. The average Bonchev–Trinajstić information content (AvgIpc) is 3.33. The van der Waals surface area contributed by atoms with Gasteiger partial charge in [-0.1, -0.05) is 5.21 Å². The van der Waals surface area contributed by atoms with E-state index >= 15 is 0 Å². The molecule has 2 aromatic rings. The number of carbonyl (C=O) groups is 2. The van der Waals surface area contributed by atoms with Crippen LogP contribution in [0.5, 0.6) is 0 Å². The van der Waals surface area contributed by atoms with Gasteiger partial charge in [0.2, 0.25) is 5.91 Å². The molecule has 1 atom stereocenters. The maximum absolute atomic E-state index is 12.9. The summed E-state index contributed by atoms with van der Waals surface area (Å²) in [5.41, 5.74) is 1.44. The largest absolute Gasteiger partial charge is 0.456 e. The van der Waals surface area contributed by atoms with E-state index in [9.17, 15) is 28.1 Å². The Morgan fingerprint density at radius 2 is 2.00 bits per heavy atom. The topological polar surface area (TPSA) is 164 Å². The molecule has 1 aromatic carbocycles. The Morgan fingerprint density at radius 3 is 2.64 bits per heavy atom. The van der Waals surface area contributed by atoms with Crippen LogP contribution in [0.3, 0.4) is 0 Å². The maximum atomic E-state index is 12.9. The van der Waals surface area contributed by atoms with Gasteiger partial charge < -0.3 is 9.64 Å². The lowest BCUT2D eigenvalue weighted by molar-refractivity contribution is -0.384. The quantitative estimate of drug-likeness (QED) is 0.164. The fourth-order valence-electron chi connectivity index (χ4n) is 3.60. The predicted octanol–water partition coefficient (Wildman–Crippen LogP) is 0.622. The van der Waals surface area contributed by atoms with Gasteiger partial charge in [-0.15, -0.1) is 5.10 Å². The van der Waals surface area contributed by atoms with Crippen LogP contribution in [-0.2, 0) is 41.7 Å². The Bertz CT molecular complexity index is 1250. The number of carbonyl (C=O) groups excluding carboxylic acids is 2. The highest BCUT2D eigenvalue weighted by Gasteiger charge is 2.48. The number of aromatic nitrogens is 3. The van der Waals surface area contributed by atoms with Gasteiger partial charge in [0.1, 0.15) is 6.61 Å². The Balaban J connectivity index is 1.49. The number of rotatable bonds is 9. The summed E-state index contributed by atoms with van der Waals surface area (Å²) >= 11 is 0. The molecule has 0 bridgehead atoms. The van der Waals surface area contributed by atoms with Crippen LogP contribution in [0.15, 0.2) is 36.2 Å². The molecular formula is C19H19N5O8S. The average molecular weight is 477 g/mol. The molecule has 0 N–H and O–H groups in total. The summed E-state index contributed by atoms with van der Waals surface area (Å²) in [7, 11) is -3.57. The van der Waals surface area contributed by atoms with Crippen molar-refractivity contribution in [2.45, 2.75) is 31.9 Å². The van der Waals surface area contributed by atoms with Gasteiger partial charge in [-0.05, 0) is 17.7 Å². The Hall–Kier alpha value is -3.65. The first kappa shape index (κ1) is 22.5. The minimum atomic E-state index is -3.57. The number of hydrogen-bond acceptors (Lipinski definition) is 10. The van der Waals surface area contributed by atoms with Crippen LogP contribution in [-0.4, -0.2) is 64.0 Å². The highest BCUT2D eigenvalue weighted by atomic mass is 32.2. The van der Waals surface area contributed by atoms with E-state index in [1.54, 1.807) is 6.20 Å². The molecule has 13 nitrogen and oxygen atoms in total. The summed E-state index contributed by atoms with van der Waals surface area (Å²) in [5.74, 6) is -0.935. The van der Waals surface area contributed by atoms with Crippen LogP contribution in [0.1, 0.15) is 24.1 Å². The summed E-state index contributed by atoms with van der Waals surface area (Å²) in [5, 5.41) is 18.7. The lowest BCUT2D eigenvalue weighted by Gasteiger charge is -2.35. The second-order valence-corrected chi connectivity index (χ2v) is 9.20. The molecule has 33 heavy (non-hydrogen) atoms. The van der Waals surface area contributed by atoms with Crippen LogP contribution in [0, 0.1) is 10.1 Å². The van der Waals surface area contributed by atoms with Crippen LogP contribution in [0.4, 0.5) is 5.69 Å². The predicted molar refractivity (Wildman–Crippen MR) is 110 cm³/mol. The molecule has 0 unspecified atom stereocenters. The number of β-lactam (4-membered cyclic amide) rings is 1. The number of nitro groups is 1. The van der Waals surface area contributed by atoms with Crippen LogP contribution in [0.25, 0.3) is 5.70 Å². The lowest BCUT2D eigenvalue weighted by Crippen LogP contribution is -2.49. The number of nitrogens with zero attached hydrogens (tertiary/aromatic N) is 5. The van der Waals surface area contributed by atoms with E-state index in [1.807, 2.05) is 0 Å².